The molecule has 0 saturated carbocycles. The Balaban J connectivity index is 1.82. The monoisotopic (exact) mass is 297 g/mol. The number of rotatable bonds is 5. The second-order valence-corrected chi connectivity index (χ2v) is 4.67. The van der Waals surface area contributed by atoms with Gasteiger partial charge in [0.05, 0.1) is 12.7 Å². The van der Waals surface area contributed by atoms with E-state index in [-0.39, 0.29) is 5.28 Å². The lowest BCUT2D eigenvalue weighted by Crippen LogP contribution is -2.13. The number of halogens is 2. The molecule has 1 aromatic heterocycles. The number of nitrogens with zero attached hydrogens (tertiary/aromatic N) is 2. The molecule has 0 saturated heterocycles. The van der Waals surface area contributed by atoms with Gasteiger partial charge in [0.2, 0.25) is 5.28 Å². The molecule has 0 bridgehead atoms. The maximum Gasteiger partial charge on any atom is 0.224 e. The van der Waals surface area contributed by atoms with Gasteiger partial charge in [-0.3, -0.25) is 0 Å². The molecule has 1 N–H and O–H groups in total. The first kappa shape index (κ1) is 13.9. The Morgan fingerprint density at radius 1 is 1.32 bits per heavy atom. The molecule has 1 aromatic carbocycles. The Labute approximate surface area is 121 Å². The summed E-state index contributed by atoms with van der Waals surface area (Å²) in [4.78, 5) is 7.76. The minimum atomic E-state index is 0.159. The molecule has 2 aromatic rings. The molecule has 0 atom stereocenters. The van der Waals surface area contributed by atoms with Gasteiger partial charge in [-0.2, -0.15) is 4.98 Å². The van der Waals surface area contributed by atoms with Crippen LogP contribution >= 0.6 is 23.2 Å². The van der Waals surface area contributed by atoms with E-state index in [9.17, 15) is 0 Å². The van der Waals surface area contributed by atoms with Crippen molar-refractivity contribution in [3.05, 3.63) is 46.3 Å². The maximum absolute atomic E-state index is 5.93. The average molecular weight is 298 g/mol. The van der Waals surface area contributed by atoms with Crippen LogP contribution in [0.1, 0.15) is 5.56 Å². The van der Waals surface area contributed by atoms with E-state index in [1.165, 1.54) is 6.20 Å². The van der Waals surface area contributed by atoms with Crippen LogP contribution in [-0.4, -0.2) is 23.1 Å². The van der Waals surface area contributed by atoms with Crippen LogP contribution in [0.3, 0.4) is 0 Å². The van der Waals surface area contributed by atoms with Crippen molar-refractivity contribution >= 4 is 29.0 Å². The summed E-state index contributed by atoms with van der Waals surface area (Å²) in [6.45, 7) is 3.09. The third-order valence-corrected chi connectivity index (χ3v) is 2.83. The standard InChI is InChI=1S/C13H13Cl2N3O/c1-9-3-2-4-10(7-9)19-6-5-16-12-11(14)8-17-13(15)18-12/h2-4,7-8H,5-6H2,1H3,(H,16,17,18). The van der Waals surface area contributed by atoms with Crippen molar-refractivity contribution in [1.82, 2.24) is 9.97 Å². The highest BCUT2D eigenvalue weighted by atomic mass is 35.5. The van der Waals surface area contributed by atoms with Crippen LogP contribution < -0.4 is 10.1 Å². The van der Waals surface area contributed by atoms with Crippen molar-refractivity contribution in [2.45, 2.75) is 6.92 Å². The largest absolute Gasteiger partial charge is 0.492 e. The minimum absolute atomic E-state index is 0.159. The highest BCUT2D eigenvalue weighted by Crippen LogP contribution is 2.19. The third-order valence-electron chi connectivity index (χ3n) is 2.37. The lowest BCUT2D eigenvalue weighted by atomic mass is 10.2. The minimum Gasteiger partial charge on any atom is -0.492 e. The van der Waals surface area contributed by atoms with Crippen LogP contribution in [0.2, 0.25) is 10.3 Å². The quantitative estimate of drug-likeness (QED) is 0.677. The molecule has 0 fully saturated rings. The maximum atomic E-state index is 5.93. The van der Waals surface area contributed by atoms with Gasteiger partial charge < -0.3 is 10.1 Å². The van der Waals surface area contributed by atoms with Crippen LogP contribution in [-0.2, 0) is 0 Å². The molecule has 6 heteroatoms. The summed E-state index contributed by atoms with van der Waals surface area (Å²) in [5.74, 6) is 1.35. The highest BCUT2D eigenvalue weighted by molar-refractivity contribution is 6.33. The SMILES string of the molecule is Cc1cccc(OCCNc2nc(Cl)ncc2Cl)c1. The molecule has 0 spiro atoms. The first-order chi connectivity index (χ1) is 9.15. The molecule has 19 heavy (non-hydrogen) atoms. The van der Waals surface area contributed by atoms with Gasteiger partial charge >= 0.3 is 0 Å². The highest BCUT2D eigenvalue weighted by Gasteiger charge is 2.03. The van der Waals surface area contributed by atoms with Gasteiger partial charge in [0.1, 0.15) is 23.2 Å². The third kappa shape index (κ3) is 4.26. The number of hydrogen-bond acceptors (Lipinski definition) is 4. The van der Waals surface area contributed by atoms with E-state index in [1.54, 1.807) is 0 Å². The van der Waals surface area contributed by atoms with Crippen LogP contribution in [0.15, 0.2) is 30.5 Å². The molecule has 0 aliphatic rings. The van der Waals surface area contributed by atoms with Crippen LogP contribution in [0.5, 0.6) is 5.75 Å². The van der Waals surface area contributed by atoms with Crippen molar-refractivity contribution in [3.63, 3.8) is 0 Å². The summed E-state index contributed by atoms with van der Waals surface area (Å²) in [6.07, 6.45) is 1.46. The zero-order valence-corrected chi connectivity index (χ0v) is 11.9. The van der Waals surface area contributed by atoms with Gasteiger partial charge in [0.25, 0.3) is 0 Å². The number of benzene rings is 1. The molecule has 100 valence electrons. The molecule has 2 rings (SSSR count). The second-order valence-electron chi connectivity index (χ2n) is 3.93. The van der Waals surface area contributed by atoms with Crippen molar-refractivity contribution in [3.8, 4) is 5.75 Å². The Kier molecular flexibility index (Phi) is 4.82. The van der Waals surface area contributed by atoms with Gasteiger partial charge in [-0.05, 0) is 36.2 Å². The Morgan fingerprint density at radius 3 is 2.95 bits per heavy atom. The van der Waals surface area contributed by atoms with E-state index in [4.69, 9.17) is 27.9 Å². The predicted octanol–water partition coefficient (Wildman–Crippen LogP) is 3.58. The molecule has 1 heterocycles. The van der Waals surface area contributed by atoms with Gasteiger partial charge in [0, 0.05) is 0 Å². The first-order valence-electron chi connectivity index (χ1n) is 5.76. The molecule has 0 aliphatic carbocycles. The molecule has 0 radical (unpaired) electrons. The summed E-state index contributed by atoms with van der Waals surface area (Å²) in [5, 5.41) is 3.64. The fourth-order valence-corrected chi connectivity index (χ4v) is 1.80. The zero-order chi connectivity index (χ0) is 13.7. The number of aryl methyl sites for hydroxylation is 1. The zero-order valence-electron chi connectivity index (χ0n) is 10.4. The molecule has 0 unspecified atom stereocenters. The Hall–Kier alpha value is -1.52. The predicted molar refractivity (Wildman–Crippen MR) is 77.2 cm³/mol. The number of nitrogens with one attached hydrogen (secondary N) is 1. The van der Waals surface area contributed by atoms with Crippen molar-refractivity contribution < 1.29 is 4.74 Å². The molecule has 0 amide bonds. The molecule has 0 aliphatic heterocycles. The fourth-order valence-electron chi connectivity index (χ4n) is 1.51. The van der Waals surface area contributed by atoms with Crippen LogP contribution in [0, 0.1) is 6.92 Å². The smallest absolute Gasteiger partial charge is 0.224 e. The van der Waals surface area contributed by atoms with E-state index in [0.717, 1.165) is 11.3 Å². The number of hydrogen-bond donors (Lipinski definition) is 1. The van der Waals surface area contributed by atoms with E-state index < -0.39 is 0 Å². The Bertz CT molecular complexity index is 563. The lowest BCUT2D eigenvalue weighted by Gasteiger charge is -2.09. The summed E-state index contributed by atoms with van der Waals surface area (Å²) < 4.78 is 5.60. The summed E-state index contributed by atoms with van der Waals surface area (Å²) in [6, 6.07) is 7.88. The van der Waals surface area contributed by atoms with E-state index >= 15 is 0 Å². The average Bonchev–Trinajstić information content (AvgIpc) is 2.39. The lowest BCUT2D eigenvalue weighted by molar-refractivity contribution is 0.332. The second kappa shape index (κ2) is 6.59. The van der Waals surface area contributed by atoms with Crippen molar-refractivity contribution in [2.24, 2.45) is 0 Å². The van der Waals surface area contributed by atoms with Crippen LogP contribution in [0.25, 0.3) is 0 Å². The van der Waals surface area contributed by atoms with Gasteiger partial charge in [-0.1, -0.05) is 23.7 Å². The van der Waals surface area contributed by atoms with Crippen molar-refractivity contribution in [1.29, 1.82) is 0 Å². The van der Waals surface area contributed by atoms with E-state index in [1.807, 2.05) is 31.2 Å². The van der Waals surface area contributed by atoms with E-state index in [0.29, 0.717) is 24.0 Å². The van der Waals surface area contributed by atoms with Gasteiger partial charge in [0.15, 0.2) is 0 Å². The topological polar surface area (TPSA) is 47.0 Å². The van der Waals surface area contributed by atoms with E-state index in [2.05, 4.69) is 15.3 Å². The van der Waals surface area contributed by atoms with Gasteiger partial charge in [-0.15, -0.1) is 0 Å². The van der Waals surface area contributed by atoms with Gasteiger partial charge in [-0.25, -0.2) is 4.98 Å². The summed E-state index contributed by atoms with van der Waals surface area (Å²) >= 11 is 11.6. The summed E-state index contributed by atoms with van der Waals surface area (Å²) in [7, 11) is 0. The normalized spacial score (nSPS) is 10.3. The number of aromatic nitrogens is 2. The summed E-state index contributed by atoms with van der Waals surface area (Å²) in [5.41, 5.74) is 1.16. The van der Waals surface area contributed by atoms with Crippen LogP contribution in [0.4, 0.5) is 5.82 Å². The number of ether oxygens (including phenoxy) is 1. The van der Waals surface area contributed by atoms with Crippen molar-refractivity contribution in [2.75, 3.05) is 18.5 Å². The molecular weight excluding hydrogens is 285 g/mol. The number of anilines is 1. The molecule has 4 nitrogen and oxygen atoms in total. The first-order valence-corrected chi connectivity index (χ1v) is 6.52. The fraction of sp³-hybridized carbons (Fsp3) is 0.231. The molecular formula is C13H13Cl2N3O. The Morgan fingerprint density at radius 2 is 2.16 bits per heavy atom.